The number of anilines is 1. The number of nitrogens with one attached hydrogen (secondary N) is 2. The van der Waals surface area contributed by atoms with Crippen LogP contribution in [0.1, 0.15) is 5.56 Å². The average molecular weight is 275 g/mol. The summed E-state index contributed by atoms with van der Waals surface area (Å²) in [5.74, 6) is -0.985. The molecule has 106 valence electrons. The zero-order chi connectivity index (χ0) is 14.4. The van der Waals surface area contributed by atoms with Crippen molar-refractivity contribution in [3.05, 3.63) is 35.9 Å². The van der Waals surface area contributed by atoms with Gasteiger partial charge >= 0.3 is 12.0 Å². The molecule has 6 heteroatoms. The quantitative estimate of drug-likeness (QED) is 0.724. The molecule has 0 aliphatic carbocycles. The Balaban J connectivity index is 1.92. The van der Waals surface area contributed by atoms with Crippen molar-refractivity contribution < 1.29 is 14.7 Å². The lowest BCUT2D eigenvalue weighted by Gasteiger charge is -2.27. The van der Waals surface area contributed by atoms with Crippen LogP contribution in [0.15, 0.2) is 30.3 Å². The fourth-order valence-corrected chi connectivity index (χ4v) is 1.92. The van der Waals surface area contributed by atoms with Gasteiger partial charge in [0, 0.05) is 37.9 Å². The fourth-order valence-electron chi connectivity index (χ4n) is 1.92. The van der Waals surface area contributed by atoms with Crippen molar-refractivity contribution in [2.45, 2.75) is 0 Å². The van der Waals surface area contributed by atoms with Crippen molar-refractivity contribution in [3.63, 3.8) is 0 Å². The second kappa shape index (κ2) is 6.72. The SMILES string of the molecule is O=C(O)C=Cc1ccc(NC(=O)N2CCNCC2)cc1. The van der Waals surface area contributed by atoms with Gasteiger partial charge in [-0.15, -0.1) is 0 Å². The largest absolute Gasteiger partial charge is 0.478 e. The molecule has 1 aromatic rings. The number of carboxylic acids is 1. The van der Waals surface area contributed by atoms with Crippen molar-refractivity contribution in [2.75, 3.05) is 31.5 Å². The molecule has 1 aliphatic heterocycles. The minimum absolute atomic E-state index is 0.111. The number of aliphatic carboxylic acids is 1. The summed E-state index contributed by atoms with van der Waals surface area (Å²) in [6.07, 6.45) is 2.58. The van der Waals surface area contributed by atoms with Crippen LogP contribution in [-0.4, -0.2) is 48.2 Å². The van der Waals surface area contributed by atoms with Gasteiger partial charge in [0.1, 0.15) is 0 Å². The van der Waals surface area contributed by atoms with E-state index in [0.717, 1.165) is 24.7 Å². The first-order valence-electron chi connectivity index (χ1n) is 6.43. The lowest BCUT2D eigenvalue weighted by Crippen LogP contribution is -2.48. The monoisotopic (exact) mass is 275 g/mol. The molecule has 0 saturated carbocycles. The molecule has 3 N–H and O–H groups in total. The van der Waals surface area contributed by atoms with E-state index in [1.54, 1.807) is 29.2 Å². The predicted molar refractivity (Wildman–Crippen MR) is 76.6 cm³/mol. The molecule has 0 radical (unpaired) electrons. The van der Waals surface area contributed by atoms with Crippen LogP contribution >= 0.6 is 0 Å². The minimum atomic E-state index is -0.985. The van der Waals surface area contributed by atoms with Crippen LogP contribution in [0.3, 0.4) is 0 Å². The molecule has 0 unspecified atom stereocenters. The van der Waals surface area contributed by atoms with Gasteiger partial charge in [-0.2, -0.15) is 0 Å². The molecule has 6 nitrogen and oxygen atoms in total. The highest BCUT2D eigenvalue weighted by Gasteiger charge is 2.15. The number of piperazine rings is 1. The first kappa shape index (κ1) is 14.1. The van der Waals surface area contributed by atoms with Gasteiger partial charge in [-0.05, 0) is 23.8 Å². The zero-order valence-electron chi connectivity index (χ0n) is 11.0. The molecule has 2 amide bonds. The van der Waals surface area contributed by atoms with E-state index in [2.05, 4.69) is 10.6 Å². The highest BCUT2D eigenvalue weighted by molar-refractivity contribution is 5.89. The van der Waals surface area contributed by atoms with Crippen LogP contribution in [0.25, 0.3) is 6.08 Å². The summed E-state index contributed by atoms with van der Waals surface area (Å²) in [7, 11) is 0. The molecule has 2 rings (SSSR count). The van der Waals surface area contributed by atoms with Gasteiger partial charge in [0.2, 0.25) is 0 Å². The van der Waals surface area contributed by atoms with Crippen LogP contribution in [0.4, 0.5) is 10.5 Å². The first-order chi connectivity index (χ1) is 9.65. The van der Waals surface area contributed by atoms with E-state index in [4.69, 9.17) is 5.11 Å². The Labute approximate surface area is 117 Å². The lowest BCUT2D eigenvalue weighted by atomic mass is 10.2. The third-order valence-electron chi connectivity index (χ3n) is 2.98. The molecular weight excluding hydrogens is 258 g/mol. The smallest absolute Gasteiger partial charge is 0.328 e. The minimum Gasteiger partial charge on any atom is -0.478 e. The molecule has 1 aromatic carbocycles. The second-order valence-corrected chi connectivity index (χ2v) is 4.46. The molecule has 0 spiro atoms. The van der Waals surface area contributed by atoms with Gasteiger partial charge in [0.05, 0.1) is 0 Å². The molecule has 1 fully saturated rings. The highest BCUT2D eigenvalue weighted by Crippen LogP contribution is 2.11. The van der Waals surface area contributed by atoms with Gasteiger partial charge in [-0.25, -0.2) is 9.59 Å². The predicted octanol–water partition coefficient (Wildman–Crippen LogP) is 1.22. The number of carbonyl (C=O) groups excluding carboxylic acids is 1. The van der Waals surface area contributed by atoms with Crippen molar-refractivity contribution in [1.29, 1.82) is 0 Å². The van der Waals surface area contributed by atoms with E-state index >= 15 is 0 Å². The number of hydrogen-bond acceptors (Lipinski definition) is 3. The van der Waals surface area contributed by atoms with Crippen LogP contribution < -0.4 is 10.6 Å². The third kappa shape index (κ3) is 4.10. The van der Waals surface area contributed by atoms with Crippen LogP contribution in [0.2, 0.25) is 0 Å². The van der Waals surface area contributed by atoms with Crippen molar-refractivity contribution >= 4 is 23.8 Å². The molecule has 0 aromatic heterocycles. The first-order valence-corrected chi connectivity index (χ1v) is 6.43. The Morgan fingerprint density at radius 2 is 1.85 bits per heavy atom. The molecular formula is C14H17N3O3. The Hall–Kier alpha value is -2.34. The van der Waals surface area contributed by atoms with E-state index in [1.165, 1.54) is 6.08 Å². The van der Waals surface area contributed by atoms with E-state index in [9.17, 15) is 9.59 Å². The summed E-state index contributed by atoms with van der Waals surface area (Å²) in [6, 6.07) is 6.91. The molecule has 20 heavy (non-hydrogen) atoms. The number of benzene rings is 1. The number of nitrogens with zero attached hydrogens (tertiary/aromatic N) is 1. The van der Waals surface area contributed by atoms with Crippen molar-refractivity contribution in [1.82, 2.24) is 10.2 Å². The van der Waals surface area contributed by atoms with E-state index in [1.807, 2.05) is 0 Å². The van der Waals surface area contributed by atoms with Crippen LogP contribution in [0, 0.1) is 0 Å². The second-order valence-electron chi connectivity index (χ2n) is 4.46. The van der Waals surface area contributed by atoms with E-state index in [0.29, 0.717) is 18.8 Å². The molecule has 0 atom stereocenters. The summed E-state index contributed by atoms with van der Waals surface area (Å²) in [4.78, 5) is 24.1. The molecule has 1 aliphatic rings. The molecule has 1 heterocycles. The molecule has 1 saturated heterocycles. The highest BCUT2D eigenvalue weighted by atomic mass is 16.4. The number of carbonyl (C=O) groups is 2. The maximum Gasteiger partial charge on any atom is 0.328 e. The van der Waals surface area contributed by atoms with Crippen LogP contribution in [-0.2, 0) is 4.79 Å². The number of rotatable bonds is 3. The maximum absolute atomic E-state index is 12.0. The summed E-state index contributed by atoms with van der Waals surface area (Å²) < 4.78 is 0. The number of hydrogen-bond donors (Lipinski definition) is 3. The normalized spacial score (nSPS) is 15.3. The average Bonchev–Trinajstić information content (AvgIpc) is 2.47. The zero-order valence-corrected chi connectivity index (χ0v) is 11.0. The molecule has 0 bridgehead atoms. The van der Waals surface area contributed by atoms with Gasteiger partial charge in [0.15, 0.2) is 0 Å². The van der Waals surface area contributed by atoms with Gasteiger partial charge in [0.25, 0.3) is 0 Å². The summed E-state index contributed by atoms with van der Waals surface area (Å²) in [6.45, 7) is 3.02. The maximum atomic E-state index is 12.0. The Kier molecular flexibility index (Phi) is 4.73. The van der Waals surface area contributed by atoms with E-state index in [-0.39, 0.29) is 6.03 Å². The fraction of sp³-hybridized carbons (Fsp3) is 0.286. The summed E-state index contributed by atoms with van der Waals surface area (Å²) >= 11 is 0. The van der Waals surface area contributed by atoms with Gasteiger partial charge in [-0.1, -0.05) is 12.1 Å². The lowest BCUT2D eigenvalue weighted by molar-refractivity contribution is -0.131. The third-order valence-corrected chi connectivity index (χ3v) is 2.98. The van der Waals surface area contributed by atoms with Crippen molar-refractivity contribution in [2.24, 2.45) is 0 Å². The van der Waals surface area contributed by atoms with Crippen molar-refractivity contribution in [3.8, 4) is 0 Å². The Morgan fingerprint density at radius 1 is 1.20 bits per heavy atom. The number of urea groups is 1. The number of amides is 2. The van der Waals surface area contributed by atoms with Crippen LogP contribution in [0.5, 0.6) is 0 Å². The standard InChI is InChI=1S/C14H17N3O3/c18-13(19)6-3-11-1-4-12(5-2-11)16-14(20)17-9-7-15-8-10-17/h1-6,15H,7-10H2,(H,16,20)(H,18,19). The Bertz CT molecular complexity index is 505. The topological polar surface area (TPSA) is 81.7 Å². The van der Waals surface area contributed by atoms with E-state index < -0.39 is 5.97 Å². The van der Waals surface area contributed by atoms with Gasteiger partial charge in [-0.3, -0.25) is 0 Å². The Morgan fingerprint density at radius 3 is 2.45 bits per heavy atom. The summed E-state index contributed by atoms with van der Waals surface area (Å²) in [5.41, 5.74) is 1.47. The number of carboxylic acid groups (broad SMARTS) is 1. The summed E-state index contributed by atoms with van der Waals surface area (Å²) in [5, 5.41) is 14.5. The van der Waals surface area contributed by atoms with Gasteiger partial charge < -0.3 is 20.6 Å².